The van der Waals surface area contributed by atoms with Crippen LogP contribution in [-0.4, -0.2) is 108 Å². The van der Waals surface area contributed by atoms with Gasteiger partial charge >= 0.3 is 24.3 Å². The van der Waals surface area contributed by atoms with Crippen molar-refractivity contribution in [3.8, 4) is 28.3 Å². The number of nitriles is 1. The van der Waals surface area contributed by atoms with Crippen LogP contribution in [-0.2, 0) is 21.4 Å². The first-order chi connectivity index (χ1) is 23.5. The van der Waals surface area contributed by atoms with Crippen LogP contribution in [0.2, 0.25) is 0 Å². The molecule has 50 heavy (non-hydrogen) atoms. The van der Waals surface area contributed by atoms with E-state index in [0.29, 0.717) is 18.7 Å². The molecule has 14 nitrogen and oxygen atoms in total. The fraction of sp³-hybridized carbons (Fsp3) is 0.367. The van der Waals surface area contributed by atoms with E-state index in [9.17, 15) is 36.4 Å². The molecule has 2 saturated heterocycles. The third-order valence-electron chi connectivity index (χ3n) is 7.59. The van der Waals surface area contributed by atoms with E-state index in [4.69, 9.17) is 24.8 Å². The Kier molecular flexibility index (Phi) is 11.3. The highest BCUT2D eigenvalue weighted by molar-refractivity contribution is 5.87. The van der Waals surface area contributed by atoms with Crippen molar-refractivity contribution in [2.24, 2.45) is 7.05 Å². The third kappa shape index (κ3) is 9.04. The molecule has 0 radical (unpaired) electrons. The fourth-order valence-electron chi connectivity index (χ4n) is 5.16. The van der Waals surface area contributed by atoms with Gasteiger partial charge in [0.2, 0.25) is 5.91 Å². The SMILES string of the molecule is Cn1cc(-c2cc(-c3ccc(N4CCN(C(=O)[C@H]5CCCN5)CC4)nc3)c3c(C#N)cnn3c2)cn1.O=C(O)C(F)(F)F.O=C(O)C(F)(F)F. The number of hydrogen-bond donors (Lipinski definition) is 3. The number of halogens is 6. The van der Waals surface area contributed by atoms with Crippen LogP contribution in [0.4, 0.5) is 32.2 Å². The van der Waals surface area contributed by atoms with Crippen molar-refractivity contribution in [1.29, 1.82) is 5.26 Å². The van der Waals surface area contributed by atoms with Crippen LogP contribution >= 0.6 is 0 Å². The Bertz CT molecular complexity index is 1840. The Balaban J connectivity index is 0.000000340. The lowest BCUT2D eigenvalue weighted by atomic mass is 10.0. The number of carboxylic acid groups (broad SMARTS) is 2. The second kappa shape index (κ2) is 15.2. The van der Waals surface area contributed by atoms with E-state index in [2.05, 4.69) is 32.5 Å². The van der Waals surface area contributed by atoms with Crippen LogP contribution in [0, 0.1) is 11.3 Å². The maximum Gasteiger partial charge on any atom is 0.490 e. The number of rotatable bonds is 4. The number of piperazine rings is 1. The van der Waals surface area contributed by atoms with Gasteiger partial charge in [-0.2, -0.15) is 41.8 Å². The number of anilines is 1. The zero-order chi connectivity index (χ0) is 36.8. The summed E-state index contributed by atoms with van der Waals surface area (Å²) in [6.45, 7) is 3.85. The van der Waals surface area contributed by atoms with Gasteiger partial charge in [0.15, 0.2) is 0 Å². The van der Waals surface area contributed by atoms with E-state index in [0.717, 1.165) is 66.1 Å². The number of carbonyl (C=O) groups is 3. The molecule has 4 aromatic heterocycles. The van der Waals surface area contributed by atoms with E-state index < -0.39 is 24.3 Å². The van der Waals surface area contributed by atoms with Crippen LogP contribution < -0.4 is 10.2 Å². The summed E-state index contributed by atoms with van der Waals surface area (Å²) in [5, 5.41) is 35.9. The Labute approximate surface area is 279 Å². The molecule has 4 aromatic rings. The standard InChI is InChI=1S/C26H27N9O.2C2HF3O2/c1-32-16-21(15-30-32)19-11-22(25-20(12-27)14-31-35(25)17-19)18-4-5-24(29-13-18)33-7-9-34(10-8-33)26(36)23-3-2-6-28-23;2*3-2(4,5)1(6)7/h4-5,11,13-17,23,28H,2-3,6-10H2,1H3;2*(H,6,7)/t23-;;/m1../s1. The van der Waals surface area contributed by atoms with Crippen molar-refractivity contribution in [2.45, 2.75) is 31.2 Å². The lowest BCUT2D eigenvalue weighted by molar-refractivity contribution is -0.193. The Hall–Kier alpha value is -5.71. The zero-order valence-corrected chi connectivity index (χ0v) is 26.1. The molecule has 0 aromatic carbocycles. The maximum atomic E-state index is 12.7. The van der Waals surface area contributed by atoms with Crippen molar-refractivity contribution in [3.63, 3.8) is 0 Å². The van der Waals surface area contributed by atoms with Gasteiger partial charge in [-0.25, -0.2) is 19.1 Å². The highest BCUT2D eigenvalue weighted by Gasteiger charge is 2.39. The largest absolute Gasteiger partial charge is 0.490 e. The Morgan fingerprint density at radius 1 is 0.900 bits per heavy atom. The summed E-state index contributed by atoms with van der Waals surface area (Å²) < 4.78 is 67.0. The molecule has 0 spiro atoms. The molecule has 266 valence electrons. The number of fused-ring (bicyclic) bond motifs is 1. The Morgan fingerprint density at radius 2 is 1.54 bits per heavy atom. The topological polar surface area (TPSA) is 182 Å². The van der Waals surface area contributed by atoms with Gasteiger partial charge in [-0.15, -0.1) is 0 Å². The molecule has 2 aliphatic rings. The van der Waals surface area contributed by atoms with Crippen LogP contribution in [0.15, 0.2) is 49.2 Å². The number of carbonyl (C=O) groups excluding carboxylic acids is 1. The molecular weight excluding hydrogens is 680 g/mol. The average Bonchev–Trinajstić information content (AvgIpc) is 3.85. The van der Waals surface area contributed by atoms with Gasteiger partial charge in [0.1, 0.15) is 11.9 Å². The van der Waals surface area contributed by atoms with E-state index in [1.54, 1.807) is 15.4 Å². The summed E-state index contributed by atoms with van der Waals surface area (Å²) in [7, 11) is 1.88. The quantitative estimate of drug-likeness (QED) is 0.265. The van der Waals surface area contributed by atoms with Gasteiger partial charge < -0.3 is 25.3 Å². The number of nitrogens with zero attached hydrogens (tertiary/aromatic N) is 8. The van der Waals surface area contributed by atoms with Gasteiger partial charge in [-0.3, -0.25) is 9.48 Å². The lowest BCUT2D eigenvalue weighted by Crippen LogP contribution is -2.53. The molecule has 6 heterocycles. The number of alkyl halides is 6. The summed E-state index contributed by atoms with van der Waals surface area (Å²) in [4.78, 5) is 39.4. The number of pyridine rings is 2. The fourth-order valence-corrected chi connectivity index (χ4v) is 5.16. The normalized spacial score (nSPS) is 16.2. The van der Waals surface area contributed by atoms with E-state index in [1.807, 2.05) is 48.9 Å². The molecule has 0 unspecified atom stereocenters. The van der Waals surface area contributed by atoms with Gasteiger partial charge in [-0.1, -0.05) is 0 Å². The van der Waals surface area contributed by atoms with Crippen molar-refractivity contribution >= 4 is 29.2 Å². The van der Waals surface area contributed by atoms with E-state index >= 15 is 0 Å². The smallest absolute Gasteiger partial charge is 0.475 e. The summed E-state index contributed by atoms with van der Waals surface area (Å²) >= 11 is 0. The number of aryl methyl sites for hydroxylation is 1. The average molecular weight is 710 g/mol. The number of hydrogen-bond acceptors (Lipinski definition) is 9. The molecule has 20 heteroatoms. The van der Waals surface area contributed by atoms with Crippen LogP contribution in [0.25, 0.3) is 27.8 Å². The molecule has 1 atom stereocenters. The van der Waals surface area contributed by atoms with Crippen molar-refractivity contribution in [2.75, 3.05) is 37.6 Å². The minimum Gasteiger partial charge on any atom is -0.475 e. The van der Waals surface area contributed by atoms with Crippen molar-refractivity contribution < 1.29 is 50.9 Å². The lowest BCUT2D eigenvalue weighted by Gasteiger charge is -2.36. The molecule has 2 fully saturated rings. The summed E-state index contributed by atoms with van der Waals surface area (Å²) in [6, 6.07) is 8.35. The molecule has 6 rings (SSSR count). The first kappa shape index (κ1) is 37.1. The molecule has 2 aliphatic heterocycles. The molecule has 0 bridgehead atoms. The molecule has 0 saturated carbocycles. The van der Waals surface area contributed by atoms with Crippen LogP contribution in [0.5, 0.6) is 0 Å². The van der Waals surface area contributed by atoms with Crippen molar-refractivity contribution in [1.82, 2.24) is 34.6 Å². The summed E-state index contributed by atoms with van der Waals surface area (Å²) in [6.07, 6.45) is 0.964. The molecule has 1 amide bonds. The van der Waals surface area contributed by atoms with Gasteiger partial charge in [0.05, 0.1) is 29.5 Å². The number of carboxylic acids is 2. The van der Waals surface area contributed by atoms with Gasteiger partial charge in [0.25, 0.3) is 0 Å². The van der Waals surface area contributed by atoms with Crippen molar-refractivity contribution in [3.05, 3.63) is 54.7 Å². The second-order valence-electron chi connectivity index (χ2n) is 11.0. The number of aliphatic carboxylic acids is 2. The number of amides is 1. The minimum absolute atomic E-state index is 0.0185. The van der Waals surface area contributed by atoms with Gasteiger partial charge in [0, 0.05) is 74.1 Å². The number of nitrogens with one attached hydrogen (secondary N) is 1. The summed E-state index contributed by atoms with van der Waals surface area (Å²) in [5.74, 6) is -4.40. The molecule has 3 N–H and O–H groups in total. The van der Waals surface area contributed by atoms with Gasteiger partial charge in [-0.05, 0) is 37.6 Å². The monoisotopic (exact) mass is 709 g/mol. The predicted octanol–water partition coefficient (Wildman–Crippen LogP) is 3.34. The predicted molar refractivity (Wildman–Crippen MR) is 163 cm³/mol. The first-order valence-corrected chi connectivity index (χ1v) is 14.7. The number of aromatic nitrogens is 5. The molecule has 0 aliphatic carbocycles. The van der Waals surface area contributed by atoms with Crippen LogP contribution in [0.1, 0.15) is 18.4 Å². The second-order valence-corrected chi connectivity index (χ2v) is 11.0. The highest BCUT2D eigenvalue weighted by Crippen LogP contribution is 2.32. The van der Waals surface area contributed by atoms with E-state index in [-0.39, 0.29) is 11.9 Å². The third-order valence-corrected chi connectivity index (χ3v) is 7.59. The zero-order valence-electron chi connectivity index (χ0n) is 26.1. The first-order valence-electron chi connectivity index (χ1n) is 14.7. The highest BCUT2D eigenvalue weighted by atomic mass is 19.4. The maximum absolute atomic E-state index is 12.7. The molecular formula is C30H29F6N9O5. The van der Waals surface area contributed by atoms with Crippen LogP contribution in [0.3, 0.4) is 0 Å². The summed E-state index contributed by atoms with van der Waals surface area (Å²) in [5.41, 5.74) is 5.01. The minimum atomic E-state index is -5.08. The van der Waals surface area contributed by atoms with E-state index in [1.165, 1.54) is 0 Å². The Morgan fingerprint density at radius 3 is 2.02 bits per heavy atom.